The Balaban J connectivity index is 2.15. The first-order valence-electron chi connectivity index (χ1n) is 10.4. The number of rotatable bonds is 7. The molecule has 2 amide bonds. The van der Waals surface area contributed by atoms with Crippen LogP contribution in [0.4, 0.5) is 4.79 Å². The largest absolute Gasteiger partial charge is 0.341 e. The number of carbonyl (C=O) groups excluding carboxylic acids is 2. The molecule has 9 heteroatoms. The molecule has 0 aliphatic rings. The van der Waals surface area contributed by atoms with Crippen LogP contribution < -0.4 is 5.69 Å². The molecule has 0 atom stereocenters. The molecule has 0 unspecified atom stereocenters. The molecular weight excluding hydrogens is 396 g/mol. The molecule has 2 aromatic heterocycles. The Bertz CT molecular complexity index is 1130. The number of carbonyl (C=O) groups is 2. The number of hydrogen-bond acceptors (Lipinski definition) is 5. The molecule has 31 heavy (non-hydrogen) atoms. The number of benzene rings is 1. The average Bonchev–Trinajstić information content (AvgIpc) is 3.04. The molecule has 3 aromatic rings. The number of imidazole rings is 1. The van der Waals surface area contributed by atoms with E-state index in [1.165, 1.54) is 15.7 Å². The molecule has 0 saturated heterocycles. The molecule has 2 heterocycles. The first-order valence-corrected chi connectivity index (χ1v) is 10.4. The maximum absolute atomic E-state index is 13.2. The summed E-state index contributed by atoms with van der Waals surface area (Å²) >= 11 is 0. The number of nitrogens with zero attached hydrogens (tertiary/aromatic N) is 6. The van der Waals surface area contributed by atoms with Crippen LogP contribution >= 0.6 is 0 Å². The van der Waals surface area contributed by atoms with Crippen LogP contribution in [0.2, 0.25) is 0 Å². The lowest BCUT2D eigenvalue weighted by atomic mass is 10.2. The zero-order chi connectivity index (χ0) is 22.5. The van der Waals surface area contributed by atoms with Gasteiger partial charge < -0.3 is 9.80 Å². The predicted octanol–water partition coefficient (Wildman–Crippen LogP) is 2.44. The van der Waals surface area contributed by atoms with Gasteiger partial charge in [-0.2, -0.15) is 0 Å². The third kappa shape index (κ3) is 4.50. The van der Waals surface area contributed by atoms with Crippen LogP contribution in [0, 0.1) is 0 Å². The van der Waals surface area contributed by atoms with E-state index < -0.39 is 11.7 Å². The monoisotopic (exact) mass is 424 g/mol. The fourth-order valence-corrected chi connectivity index (χ4v) is 3.43. The molecule has 0 aliphatic carbocycles. The van der Waals surface area contributed by atoms with Crippen molar-refractivity contribution in [3.05, 3.63) is 47.0 Å². The molecule has 0 aliphatic heterocycles. The second-order valence-electron chi connectivity index (χ2n) is 7.53. The normalized spacial score (nSPS) is 11.0. The van der Waals surface area contributed by atoms with E-state index in [0.717, 1.165) is 23.0 Å². The summed E-state index contributed by atoms with van der Waals surface area (Å²) in [6.45, 7) is 5.04. The lowest BCUT2D eigenvalue weighted by molar-refractivity contribution is -0.131. The van der Waals surface area contributed by atoms with Crippen LogP contribution in [0.1, 0.15) is 26.7 Å². The summed E-state index contributed by atoms with van der Waals surface area (Å²) in [5, 5.41) is 0. The second kappa shape index (κ2) is 9.55. The van der Waals surface area contributed by atoms with Crippen molar-refractivity contribution < 1.29 is 9.59 Å². The SMILES string of the molecule is CCCN(CCC)C(=O)Cn1c(=O)n(C(=O)N(C)C)c2cnc(-c3ccccc3)nc21. The molecule has 0 bridgehead atoms. The number of aromatic nitrogens is 4. The van der Waals surface area contributed by atoms with Crippen LogP contribution in [-0.2, 0) is 11.3 Å². The van der Waals surface area contributed by atoms with Crippen molar-refractivity contribution in [2.45, 2.75) is 33.2 Å². The van der Waals surface area contributed by atoms with Gasteiger partial charge in [0.15, 0.2) is 11.5 Å². The Morgan fingerprint density at radius 1 is 1.03 bits per heavy atom. The van der Waals surface area contributed by atoms with Crippen molar-refractivity contribution in [3.63, 3.8) is 0 Å². The molecule has 3 rings (SSSR count). The summed E-state index contributed by atoms with van der Waals surface area (Å²) in [6, 6.07) is 8.83. The Hall–Kier alpha value is -3.49. The summed E-state index contributed by atoms with van der Waals surface area (Å²) in [7, 11) is 3.12. The molecule has 164 valence electrons. The molecule has 0 radical (unpaired) electrons. The topological polar surface area (TPSA) is 93.3 Å². The van der Waals surface area contributed by atoms with E-state index in [-0.39, 0.29) is 23.6 Å². The summed E-state index contributed by atoms with van der Waals surface area (Å²) in [5.74, 6) is 0.241. The summed E-state index contributed by atoms with van der Waals surface area (Å²) in [4.78, 5) is 50.8. The maximum Gasteiger partial charge on any atom is 0.339 e. The molecule has 0 saturated carbocycles. The third-order valence-corrected chi connectivity index (χ3v) is 4.91. The third-order valence-electron chi connectivity index (χ3n) is 4.91. The van der Waals surface area contributed by atoms with Crippen LogP contribution in [0.5, 0.6) is 0 Å². The van der Waals surface area contributed by atoms with Crippen LogP contribution in [-0.4, -0.2) is 68.0 Å². The van der Waals surface area contributed by atoms with Crippen LogP contribution in [0.3, 0.4) is 0 Å². The zero-order valence-corrected chi connectivity index (χ0v) is 18.4. The highest BCUT2D eigenvalue weighted by molar-refractivity contribution is 5.89. The maximum atomic E-state index is 13.2. The molecule has 1 aromatic carbocycles. The van der Waals surface area contributed by atoms with Crippen molar-refractivity contribution in [2.75, 3.05) is 27.2 Å². The van der Waals surface area contributed by atoms with E-state index in [1.807, 2.05) is 44.2 Å². The predicted molar refractivity (Wildman–Crippen MR) is 119 cm³/mol. The van der Waals surface area contributed by atoms with E-state index in [4.69, 9.17) is 0 Å². The lowest BCUT2D eigenvalue weighted by Gasteiger charge is -2.21. The fourth-order valence-electron chi connectivity index (χ4n) is 3.43. The van der Waals surface area contributed by atoms with Gasteiger partial charge in [0.05, 0.1) is 6.20 Å². The van der Waals surface area contributed by atoms with Crippen LogP contribution in [0.25, 0.3) is 22.6 Å². The number of hydrogen-bond donors (Lipinski definition) is 0. The molecule has 0 fully saturated rings. The standard InChI is InChI=1S/C22H28N6O3/c1-5-12-26(13-6-2)18(29)15-27-20-17(28(22(27)31)21(30)25(3)4)14-23-19(24-20)16-10-8-7-9-11-16/h7-11,14H,5-6,12-13,15H2,1-4H3. The van der Waals surface area contributed by atoms with E-state index in [0.29, 0.717) is 18.9 Å². The zero-order valence-electron chi connectivity index (χ0n) is 18.4. The van der Waals surface area contributed by atoms with Crippen molar-refractivity contribution in [2.24, 2.45) is 0 Å². The smallest absolute Gasteiger partial charge is 0.339 e. The molecule has 0 spiro atoms. The Labute approximate surface area is 180 Å². The van der Waals surface area contributed by atoms with Gasteiger partial charge in [-0.05, 0) is 12.8 Å². The van der Waals surface area contributed by atoms with Crippen molar-refractivity contribution >= 4 is 23.1 Å². The van der Waals surface area contributed by atoms with Crippen LogP contribution in [0.15, 0.2) is 41.3 Å². The van der Waals surface area contributed by atoms with Gasteiger partial charge in [0.1, 0.15) is 12.1 Å². The average molecular weight is 425 g/mol. The minimum Gasteiger partial charge on any atom is -0.341 e. The van der Waals surface area contributed by atoms with Crippen molar-refractivity contribution in [3.8, 4) is 11.4 Å². The van der Waals surface area contributed by atoms with Gasteiger partial charge in [-0.3, -0.25) is 9.36 Å². The van der Waals surface area contributed by atoms with Crippen molar-refractivity contribution in [1.82, 2.24) is 28.9 Å². The molecular formula is C22H28N6O3. The van der Waals surface area contributed by atoms with Gasteiger partial charge >= 0.3 is 11.7 Å². The Kier molecular flexibility index (Phi) is 6.84. The minimum atomic E-state index is -0.602. The molecule has 9 nitrogen and oxygen atoms in total. The first kappa shape index (κ1) is 22.2. The quantitative estimate of drug-likeness (QED) is 0.581. The first-order chi connectivity index (χ1) is 14.9. The Morgan fingerprint density at radius 2 is 1.68 bits per heavy atom. The Morgan fingerprint density at radius 3 is 2.26 bits per heavy atom. The van der Waals surface area contributed by atoms with Gasteiger partial charge in [0.25, 0.3) is 0 Å². The highest BCUT2D eigenvalue weighted by atomic mass is 16.2. The number of fused-ring (bicyclic) bond motifs is 1. The highest BCUT2D eigenvalue weighted by Crippen LogP contribution is 2.18. The summed E-state index contributed by atoms with van der Waals surface area (Å²) in [6.07, 6.45) is 3.11. The highest BCUT2D eigenvalue weighted by Gasteiger charge is 2.24. The van der Waals surface area contributed by atoms with Gasteiger partial charge in [-0.25, -0.2) is 24.1 Å². The van der Waals surface area contributed by atoms with Gasteiger partial charge in [0, 0.05) is 32.7 Å². The summed E-state index contributed by atoms with van der Waals surface area (Å²) in [5.41, 5.74) is 0.707. The lowest BCUT2D eigenvalue weighted by Crippen LogP contribution is -2.40. The van der Waals surface area contributed by atoms with E-state index in [1.54, 1.807) is 19.0 Å². The van der Waals surface area contributed by atoms with Gasteiger partial charge in [0.2, 0.25) is 5.91 Å². The fraction of sp³-hybridized carbons (Fsp3) is 0.409. The van der Waals surface area contributed by atoms with E-state index in [2.05, 4.69) is 9.97 Å². The minimum absolute atomic E-state index is 0.179. The number of amides is 2. The molecule has 0 N–H and O–H groups in total. The summed E-state index contributed by atoms with van der Waals surface area (Å²) < 4.78 is 2.28. The van der Waals surface area contributed by atoms with Gasteiger partial charge in [-0.15, -0.1) is 0 Å². The second-order valence-corrected chi connectivity index (χ2v) is 7.53. The van der Waals surface area contributed by atoms with Crippen molar-refractivity contribution in [1.29, 1.82) is 0 Å². The van der Waals surface area contributed by atoms with Gasteiger partial charge in [-0.1, -0.05) is 44.2 Å². The van der Waals surface area contributed by atoms with E-state index in [9.17, 15) is 14.4 Å². The van der Waals surface area contributed by atoms with E-state index >= 15 is 0 Å².